The van der Waals surface area contributed by atoms with E-state index in [0.717, 1.165) is 35.0 Å². The number of imidazole rings is 1. The summed E-state index contributed by atoms with van der Waals surface area (Å²) in [5.41, 5.74) is 3.25. The Morgan fingerprint density at radius 2 is 2.22 bits per heavy atom. The summed E-state index contributed by atoms with van der Waals surface area (Å²) in [6, 6.07) is 4.42. The van der Waals surface area contributed by atoms with Gasteiger partial charge >= 0.3 is 5.69 Å². The lowest BCUT2D eigenvalue weighted by atomic mass is 10.2. The van der Waals surface area contributed by atoms with Gasteiger partial charge in [-0.05, 0) is 53.5 Å². The standard InChI is InChI=1S/C13H16BrN3O/c1-8-5-10(14)12-11(6-8)17(13(18)16(12)2)9-3-4-15-7-9/h5-6,9,15H,3-4,7H2,1-2H3. The number of rotatable bonds is 1. The van der Waals surface area contributed by atoms with Gasteiger partial charge in [-0.15, -0.1) is 0 Å². The molecule has 1 unspecified atom stereocenters. The molecule has 2 heterocycles. The molecule has 2 aromatic rings. The molecule has 1 aromatic carbocycles. The van der Waals surface area contributed by atoms with Gasteiger partial charge in [0, 0.05) is 18.1 Å². The maximum absolute atomic E-state index is 12.4. The molecule has 1 atom stereocenters. The first-order chi connectivity index (χ1) is 8.59. The first-order valence-corrected chi connectivity index (χ1v) is 6.96. The molecule has 1 saturated heterocycles. The Morgan fingerprint density at radius 3 is 2.89 bits per heavy atom. The fraction of sp³-hybridized carbons (Fsp3) is 0.462. The summed E-state index contributed by atoms with van der Waals surface area (Å²) < 4.78 is 4.66. The van der Waals surface area contributed by atoms with E-state index in [1.165, 1.54) is 5.56 Å². The molecule has 0 bridgehead atoms. The van der Waals surface area contributed by atoms with Crippen molar-refractivity contribution in [2.24, 2.45) is 7.05 Å². The van der Waals surface area contributed by atoms with E-state index in [4.69, 9.17) is 0 Å². The lowest BCUT2D eigenvalue weighted by Crippen LogP contribution is -2.27. The van der Waals surface area contributed by atoms with Crippen LogP contribution in [0.25, 0.3) is 11.0 Å². The number of aryl methyl sites for hydroxylation is 2. The zero-order chi connectivity index (χ0) is 12.9. The van der Waals surface area contributed by atoms with Gasteiger partial charge in [-0.2, -0.15) is 0 Å². The fourth-order valence-electron chi connectivity index (χ4n) is 2.80. The van der Waals surface area contributed by atoms with Crippen LogP contribution in [0.3, 0.4) is 0 Å². The summed E-state index contributed by atoms with van der Waals surface area (Å²) in [4.78, 5) is 12.4. The van der Waals surface area contributed by atoms with Crippen LogP contribution in [0.2, 0.25) is 0 Å². The topological polar surface area (TPSA) is 39.0 Å². The Morgan fingerprint density at radius 1 is 1.44 bits per heavy atom. The highest BCUT2D eigenvalue weighted by Crippen LogP contribution is 2.27. The van der Waals surface area contributed by atoms with E-state index in [1.807, 2.05) is 11.6 Å². The lowest BCUT2D eigenvalue weighted by molar-refractivity contribution is 0.535. The molecule has 96 valence electrons. The number of fused-ring (bicyclic) bond motifs is 1. The molecule has 18 heavy (non-hydrogen) atoms. The molecule has 1 N–H and O–H groups in total. The number of nitrogens with zero attached hydrogens (tertiary/aromatic N) is 2. The van der Waals surface area contributed by atoms with Crippen LogP contribution >= 0.6 is 15.9 Å². The zero-order valence-corrected chi connectivity index (χ0v) is 12.1. The van der Waals surface area contributed by atoms with Gasteiger partial charge in [0.2, 0.25) is 0 Å². The third kappa shape index (κ3) is 1.65. The molecule has 1 fully saturated rings. The van der Waals surface area contributed by atoms with Crippen LogP contribution in [0.5, 0.6) is 0 Å². The molecule has 3 rings (SSSR count). The number of aromatic nitrogens is 2. The van der Waals surface area contributed by atoms with Gasteiger partial charge in [0.15, 0.2) is 0 Å². The number of benzene rings is 1. The van der Waals surface area contributed by atoms with E-state index >= 15 is 0 Å². The van der Waals surface area contributed by atoms with Crippen LogP contribution in [0.1, 0.15) is 18.0 Å². The molecule has 0 spiro atoms. The molecule has 5 heteroatoms. The van der Waals surface area contributed by atoms with Crippen LogP contribution in [0, 0.1) is 6.92 Å². The smallest absolute Gasteiger partial charge is 0.315 e. The summed E-state index contributed by atoms with van der Waals surface area (Å²) in [6.45, 7) is 3.92. The van der Waals surface area contributed by atoms with Gasteiger partial charge < -0.3 is 5.32 Å². The third-order valence-corrected chi connectivity index (χ3v) is 4.28. The largest absolute Gasteiger partial charge is 0.329 e. The van der Waals surface area contributed by atoms with Gasteiger partial charge in [-0.25, -0.2) is 4.79 Å². The van der Waals surface area contributed by atoms with E-state index in [0.29, 0.717) is 0 Å². The van der Waals surface area contributed by atoms with Crippen molar-refractivity contribution in [1.82, 2.24) is 14.5 Å². The fourth-order valence-corrected chi connectivity index (χ4v) is 3.64. The highest BCUT2D eigenvalue weighted by atomic mass is 79.9. The van der Waals surface area contributed by atoms with E-state index in [9.17, 15) is 4.79 Å². The van der Waals surface area contributed by atoms with Gasteiger partial charge in [-0.3, -0.25) is 9.13 Å². The molecule has 1 aliphatic heterocycles. The second-order valence-corrected chi connectivity index (χ2v) is 5.83. The highest BCUT2D eigenvalue weighted by Gasteiger charge is 2.23. The summed E-state index contributed by atoms with van der Waals surface area (Å²) in [5.74, 6) is 0. The van der Waals surface area contributed by atoms with Crippen molar-refractivity contribution in [2.45, 2.75) is 19.4 Å². The lowest BCUT2D eigenvalue weighted by Gasteiger charge is -2.10. The maximum Gasteiger partial charge on any atom is 0.329 e. The normalized spacial score (nSPS) is 19.8. The third-order valence-electron chi connectivity index (χ3n) is 3.68. The van der Waals surface area contributed by atoms with Crippen molar-refractivity contribution >= 4 is 27.0 Å². The quantitative estimate of drug-likeness (QED) is 0.874. The molecule has 0 saturated carbocycles. The molecule has 1 aliphatic rings. The summed E-state index contributed by atoms with van der Waals surface area (Å²) in [6.07, 6.45) is 1.02. The summed E-state index contributed by atoms with van der Waals surface area (Å²) >= 11 is 3.57. The molecular weight excluding hydrogens is 294 g/mol. The highest BCUT2D eigenvalue weighted by molar-refractivity contribution is 9.10. The molecule has 1 aromatic heterocycles. The maximum atomic E-state index is 12.4. The molecular formula is C13H16BrN3O. The Labute approximate surface area is 114 Å². The minimum Gasteiger partial charge on any atom is -0.315 e. The van der Waals surface area contributed by atoms with Crippen molar-refractivity contribution in [2.75, 3.05) is 13.1 Å². The first-order valence-electron chi connectivity index (χ1n) is 6.17. The van der Waals surface area contributed by atoms with Crippen LogP contribution in [0.4, 0.5) is 0 Å². The van der Waals surface area contributed by atoms with Crippen LogP contribution < -0.4 is 11.0 Å². The predicted molar refractivity (Wildman–Crippen MR) is 76.1 cm³/mol. The summed E-state index contributed by atoms with van der Waals surface area (Å²) in [7, 11) is 1.84. The van der Waals surface area contributed by atoms with Crippen molar-refractivity contribution in [3.05, 3.63) is 32.7 Å². The van der Waals surface area contributed by atoms with E-state index < -0.39 is 0 Å². The van der Waals surface area contributed by atoms with Gasteiger partial charge in [0.05, 0.1) is 17.1 Å². The van der Waals surface area contributed by atoms with Gasteiger partial charge in [0.25, 0.3) is 0 Å². The average Bonchev–Trinajstić information content (AvgIpc) is 2.88. The Hall–Kier alpha value is -1.07. The van der Waals surface area contributed by atoms with Crippen LogP contribution in [-0.4, -0.2) is 22.2 Å². The first kappa shape index (κ1) is 12.0. The van der Waals surface area contributed by atoms with Crippen LogP contribution in [-0.2, 0) is 7.05 Å². The molecule has 0 aliphatic carbocycles. The second kappa shape index (κ2) is 4.24. The Bertz CT molecular complexity index is 665. The van der Waals surface area contributed by atoms with Crippen molar-refractivity contribution in [3.8, 4) is 0 Å². The summed E-state index contributed by atoms with van der Waals surface area (Å²) in [5, 5.41) is 3.32. The predicted octanol–water partition coefficient (Wildman–Crippen LogP) is 1.95. The van der Waals surface area contributed by atoms with Gasteiger partial charge in [-0.1, -0.05) is 0 Å². The Kier molecular flexibility index (Phi) is 2.83. The molecule has 0 amide bonds. The monoisotopic (exact) mass is 309 g/mol. The minimum atomic E-state index is 0.0741. The second-order valence-electron chi connectivity index (χ2n) is 4.97. The average molecular weight is 310 g/mol. The SMILES string of the molecule is Cc1cc(Br)c2c(c1)n(C1CCNC1)c(=O)n2C. The molecule has 0 radical (unpaired) electrons. The number of hydrogen-bond donors (Lipinski definition) is 1. The van der Waals surface area contributed by atoms with Crippen molar-refractivity contribution in [1.29, 1.82) is 0 Å². The number of halogens is 1. The van der Waals surface area contributed by atoms with E-state index in [1.54, 1.807) is 4.57 Å². The van der Waals surface area contributed by atoms with Crippen molar-refractivity contribution in [3.63, 3.8) is 0 Å². The van der Waals surface area contributed by atoms with Crippen molar-refractivity contribution < 1.29 is 0 Å². The molecule has 4 nitrogen and oxygen atoms in total. The Balaban J connectivity index is 2.37. The van der Waals surface area contributed by atoms with E-state index in [-0.39, 0.29) is 11.7 Å². The van der Waals surface area contributed by atoms with E-state index in [2.05, 4.69) is 40.3 Å². The number of hydrogen-bond acceptors (Lipinski definition) is 2. The van der Waals surface area contributed by atoms with Gasteiger partial charge in [0.1, 0.15) is 0 Å². The zero-order valence-electron chi connectivity index (χ0n) is 10.5. The number of nitrogens with one attached hydrogen (secondary N) is 1. The van der Waals surface area contributed by atoms with Crippen LogP contribution in [0.15, 0.2) is 21.4 Å². The minimum absolute atomic E-state index is 0.0741.